The fourth-order valence-corrected chi connectivity index (χ4v) is 2.44. The van der Waals surface area contributed by atoms with Crippen molar-refractivity contribution in [1.29, 1.82) is 0 Å². The maximum atomic E-state index is 11.4. The minimum atomic E-state index is -0.0545. The van der Waals surface area contributed by atoms with Crippen molar-refractivity contribution >= 4 is 29.1 Å². The number of nitrogen functional groups attached to an aromatic ring is 1. The molecule has 0 aliphatic carbocycles. The molecule has 8 heteroatoms. The van der Waals surface area contributed by atoms with Gasteiger partial charge in [0.25, 0.3) is 0 Å². The van der Waals surface area contributed by atoms with E-state index in [1.165, 1.54) is 12.3 Å². The number of carbonyl (C=O) groups is 1. The average Bonchev–Trinajstić information content (AvgIpc) is 2.54. The van der Waals surface area contributed by atoms with E-state index in [0.29, 0.717) is 18.8 Å². The highest BCUT2D eigenvalue weighted by atomic mass is 35.5. The maximum absolute atomic E-state index is 11.4. The molecule has 2 aromatic rings. The second kappa shape index (κ2) is 6.76. The molecule has 3 N–H and O–H groups in total. The quantitative estimate of drug-likeness (QED) is 0.808. The van der Waals surface area contributed by atoms with Crippen LogP contribution in [0.25, 0.3) is 0 Å². The van der Waals surface area contributed by atoms with Gasteiger partial charge in [0.15, 0.2) is 0 Å². The fraction of sp³-hybridized carbons (Fsp3) is 0.188. The molecular formula is C16H16ClN5O2. The van der Waals surface area contributed by atoms with E-state index in [4.69, 9.17) is 22.1 Å². The van der Waals surface area contributed by atoms with Gasteiger partial charge in [-0.05, 0) is 18.2 Å². The first-order chi connectivity index (χ1) is 11.5. The summed E-state index contributed by atoms with van der Waals surface area (Å²) < 4.78 is 5.66. The van der Waals surface area contributed by atoms with Gasteiger partial charge in [-0.2, -0.15) is 4.98 Å². The lowest BCUT2D eigenvalue weighted by atomic mass is 10.1. The number of hydrogen-bond acceptors (Lipinski definition) is 6. The zero-order valence-corrected chi connectivity index (χ0v) is 13.5. The number of benzene rings is 1. The zero-order valence-electron chi connectivity index (χ0n) is 12.8. The van der Waals surface area contributed by atoms with Gasteiger partial charge < -0.3 is 20.7 Å². The molecule has 0 saturated carbocycles. The van der Waals surface area contributed by atoms with Crippen LogP contribution in [0, 0.1) is 0 Å². The highest BCUT2D eigenvalue weighted by Gasteiger charge is 2.28. The minimum Gasteiger partial charge on any atom is -0.437 e. The second-order valence-electron chi connectivity index (χ2n) is 5.30. The number of aromatic nitrogens is 2. The van der Waals surface area contributed by atoms with Crippen molar-refractivity contribution in [3.63, 3.8) is 0 Å². The summed E-state index contributed by atoms with van der Waals surface area (Å²) in [5, 5.41) is 3.62. The Bertz CT molecular complexity index is 777. The van der Waals surface area contributed by atoms with Gasteiger partial charge in [-0.15, -0.1) is 0 Å². The van der Waals surface area contributed by atoms with E-state index in [1.54, 1.807) is 11.0 Å². The van der Waals surface area contributed by atoms with E-state index in [2.05, 4.69) is 21.9 Å². The third-order valence-corrected chi connectivity index (χ3v) is 3.78. The summed E-state index contributed by atoms with van der Waals surface area (Å²) in [6.45, 7) is 4.77. The Hall–Kier alpha value is -2.80. The molecule has 1 amide bonds. The number of anilines is 2. The highest BCUT2D eigenvalue weighted by molar-refractivity contribution is 6.31. The van der Waals surface area contributed by atoms with Crippen LogP contribution in [-0.2, 0) is 4.79 Å². The number of carbonyl (C=O) groups excluding carboxylic acids is 1. The molecule has 1 aliphatic heterocycles. The number of rotatable bonds is 5. The predicted molar refractivity (Wildman–Crippen MR) is 92.2 cm³/mol. The molecular weight excluding hydrogens is 330 g/mol. The summed E-state index contributed by atoms with van der Waals surface area (Å²) in [5.74, 6) is 0.803. The Balaban J connectivity index is 1.64. The molecule has 1 aromatic heterocycles. The summed E-state index contributed by atoms with van der Waals surface area (Å²) in [6, 6.07) is 7.57. The third-order valence-electron chi connectivity index (χ3n) is 3.52. The number of amides is 1. The topological polar surface area (TPSA) is 93.4 Å². The van der Waals surface area contributed by atoms with Crippen LogP contribution in [0.5, 0.6) is 11.6 Å². The van der Waals surface area contributed by atoms with E-state index in [-0.39, 0.29) is 28.8 Å². The van der Waals surface area contributed by atoms with Gasteiger partial charge >= 0.3 is 0 Å². The van der Waals surface area contributed by atoms with Gasteiger partial charge in [0.1, 0.15) is 10.8 Å². The van der Waals surface area contributed by atoms with Crippen molar-refractivity contribution in [2.24, 2.45) is 0 Å². The lowest BCUT2D eigenvalue weighted by Crippen LogP contribution is -2.56. The van der Waals surface area contributed by atoms with E-state index in [9.17, 15) is 4.79 Å². The molecule has 1 aromatic carbocycles. The Kier molecular flexibility index (Phi) is 4.52. The van der Waals surface area contributed by atoms with Crippen LogP contribution in [0.4, 0.5) is 11.6 Å². The lowest BCUT2D eigenvalue weighted by molar-refractivity contribution is -0.129. The van der Waals surface area contributed by atoms with Gasteiger partial charge in [-0.3, -0.25) is 4.79 Å². The molecule has 0 radical (unpaired) electrons. The molecule has 7 nitrogen and oxygen atoms in total. The normalized spacial score (nSPS) is 14.0. The molecule has 1 saturated heterocycles. The number of likely N-dealkylation sites (tertiary alicyclic amines) is 1. The van der Waals surface area contributed by atoms with E-state index in [1.807, 2.05) is 18.2 Å². The summed E-state index contributed by atoms with van der Waals surface area (Å²) in [6.07, 6.45) is 2.71. The van der Waals surface area contributed by atoms with Crippen LogP contribution in [0.3, 0.4) is 0 Å². The minimum absolute atomic E-state index is 0.0545. The van der Waals surface area contributed by atoms with Crippen LogP contribution in [0.1, 0.15) is 0 Å². The van der Waals surface area contributed by atoms with Crippen LogP contribution < -0.4 is 15.8 Å². The standard InChI is InChI=1S/C16H16ClN5O2/c1-2-14(23)22-8-11(9-22)20-10-4-3-5-12(6-10)24-15-13(17)7-19-16(18)21-15/h2-7,11,20H,1,8-9H2,(H2,18,19,21). The molecule has 0 bridgehead atoms. The van der Waals surface area contributed by atoms with Crippen LogP contribution in [0.15, 0.2) is 43.1 Å². The number of nitrogens with zero attached hydrogens (tertiary/aromatic N) is 3. The number of nitrogens with one attached hydrogen (secondary N) is 1. The van der Waals surface area contributed by atoms with Gasteiger partial charge in [-0.25, -0.2) is 4.98 Å². The number of hydrogen-bond donors (Lipinski definition) is 2. The fourth-order valence-electron chi connectivity index (χ4n) is 2.31. The van der Waals surface area contributed by atoms with Crippen molar-refractivity contribution in [2.45, 2.75) is 6.04 Å². The molecule has 0 unspecified atom stereocenters. The van der Waals surface area contributed by atoms with Crippen LogP contribution >= 0.6 is 11.6 Å². The van der Waals surface area contributed by atoms with Gasteiger partial charge in [0.05, 0.1) is 12.2 Å². The SMILES string of the molecule is C=CC(=O)N1CC(Nc2cccc(Oc3nc(N)ncc3Cl)c2)C1. The molecule has 0 spiro atoms. The summed E-state index contributed by atoms with van der Waals surface area (Å²) in [4.78, 5) is 20.9. The van der Waals surface area contributed by atoms with Gasteiger partial charge in [-0.1, -0.05) is 24.2 Å². The summed E-state index contributed by atoms with van der Waals surface area (Å²) in [5.41, 5.74) is 6.42. The van der Waals surface area contributed by atoms with Crippen molar-refractivity contribution in [1.82, 2.24) is 14.9 Å². The molecule has 0 atom stereocenters. The van der Waals surface area contributed by atoms with Crippen molar-refractivity contribution < 1.29 is 9.53 Å². The average molecular weight is 346 g/mol. The predicted octanol–water partition coefficient (Wildman–Crippen LogP) is 2.31. The van der Waals surface area contributed by atoms with Gasteiger partial charge in [0, 0.05) is 24.8 Å². The molecule has 124 valence electrons. The van der Waals surface area contributed by atoms with E-state index in [0.717, 1.165) is 5.69 Å². The highest BCUT2D eigenvalue weighted by Crippen LogP contribution is 2.29. The van der Waals surface area contributed by atoms with Crippen LogP contribution in [0.2, 0.25) is 5.02 Å². The Morgan fingerprint density at radius 3 is 3.04 bits per heavy atom. The first-order valence-corrected chi connectivity index (χ1v) is 7.67. The Labute approximate surface area is 144 Å². The van der Waals surface area contributed by atoms with Crippen LogP contribution in [-0.4, -0.2) is 39.9 Å². The van der Waals surface area contributed by atoms with E-state index >= 15 is 0 Å². The molecule has 3 rings (SSSR count). The van der Waals surface area contributed by atoms with E-state index < -0.39 is 0 Å². The molecule has 2 heterocycles. The lowest BCUT2D eigenvalue weighted by Gasteiger charge is -2.39. The molecule has 1 fully saturated rings. The molecule has 1 aliphatic rings. The maximum Gasteiger partial charge on any atom is 0.246 e. The number of halogens is 1. The molecule has 24 heavy (non-hydrogen) atoms. The zero-order chi connectivity index (χ0) is 17.1. The first-order valence-electron chi connectivity index (χ1n) is 7.29. The largest absolute Gasteiger partial charge is 0.437 e. The number of nitrogens with two attached hydrogens (primary N) is 1. The summed E-state index contributed by atoms with van der Waals surface area (Å²) in [7, 11) is 0. The number of ether oxygens (including phenoxy) is 1. The summed E-state index contributed by atoms with van der Waals surface area (Å²) >= 11 is 5.99. The van der Waals surface area contributed by atoms with Crippen molar-refractivity contribution in [3.05, 3.63) is 48.1 Å². The second-order valence-corrected chi connectivity index (χ2v) is 5.71. The van der Waals surface area contributed by atoms with Crippen molar-refractivity contribution in [2.75, 3.05) is 24.1 Å². The van der Waals surface area contributed by atoms with Gasteiger partial charge in [0.2, 0.25) is 17.7 Å². The Morgan fingerprint density at radius 1 is 1.50 bits per heavy atom. The van der Waals surface area contributed by atoms with Crippen molar-refractivity contribution in [3.8, 4) is 11.6 Å². The Morgan fingerprint density at radius 2 is 2.29 bits per heavy atom. The first kappa shape index (κ1) is 16.1. The smallest absolute Gasteiger partial charge is 0.246 e. The monoisotopic (exact) mass is 345 g/mol. The third kappa shape index (κ3) is 3.57.